The summed E-state index contributed by atoms with van der Waals surface area (Å²) in [5.74, 6) is -1.04. The summed E-state index contributed by atoms with van der Waals surface area (Å²) in [6.45, 7) is 6.22. The Morgan fingerprint density at radius 2 is 0.721 bits per heavy atom. The first-order chi connectivity index (χ1) is 30.0. The second-order valence-electron chi connectivity index (χ2n) is 15.4. The van der Waals surface area contributed by atoms with Gasteiger partial charge in [0, 0.05) is 19.3 Å². The van der Waals surface area contributed by atoms with E-state index in [0.29, 0.717) is 19.3 Å². The molecule has 0 bridgehead atoms. The van der Waals surface area contributed by atoms with Gasteiger partial charge in [0.2, 0.25) is 0 Å². The Hall–Kier alpha value is -4.19. The summed E-state index contributed by atoms with van der Waals surface area (Å²) in [6, 6.07) is 0. The molecular formula is C55H86O6. The first-order valence-electron chi connectivity index (χ1n) is 24.1. The molecule has 342 valence electrons. The smallest absolute Gasteiger partial charge is 0.306 e. The van der Waals surface area contributed by atoms with Crippen molar-refractivity contribution in [1.82, 2.24) is 0 Å². The Morgan fingerprint density at radius 3 is 1.18 bits per heavy atom. The van der Waals surface area contributed by atoms with Crippen LogP contribution in [0.5, 0.6) is 0 Å². The minimum atomic E-state index is -0.829. The van der Waals surface area contributed by atoms with Crippen molar-refractivity contribution < 1.29 is 28.6 Å². The Labute approximate surface area is 373 Å². The van der Waals surface area contributed by atoms with Gasteiger partial charge in [0.05, 0.1) is 0 Å². The lowest BCUT2D eigenvalue weighted by Crippen LogP contribution is -2.30. The normalized spacial score (nSPS) is 13.2. The molecular weight excluding hydrogens is 757 g/mol. The molecule has 0 aliphatic carbocycles. The highest BCUT2D eigenvalue weighted by Crippen LogP contribution is 2.13. The third-order valence-corrected chi connectivity index (χ3v) is 9.62. The van der Waals surface area contributed by atoms with Crippen LogP contribution in [0.2, 0.25) is 0 Å². The van der Waals surface area contributed by atoms with E-state index < -0.39 is 12.1 Å². The molecule has 0 aliphatic heterocycles. The standard InChI is InChI=1S/C55H86O6/c1-4-7-10-13-16-19-22-25-26-27-28-31-33-36-39-42-45-48-54(57)60-51-52(61-55(58)49-46-43-40-37-34-30-24-21-18-15-12-9-6-3)50-59-53(56)47-44-41-38-35-32-29-23-20-17-14-11-8-5-2/h8-9,11-12,14-21,23-26,30,34,37,40,52H,4-7,10,13,22,27-29,31-33,35-36,38-39,41-51H2,1-3H3/b11-8+,12-9+,17-14+,18-15+,19-16+,23-20+,24-21+,26-25+,34-30+,40-37+. The predicted octanol–water partition coefficient (Wildman–Crippen LogP) is 15.7. The minimum Gasteiger partial charge on any atom is -0.462 e. The van der Waals surface area contributed by atoms with E-state index in [1.54, 1.807) is 0 Å². The van der Waals surface area contributed by atoms with E-state index in [9.17, 15) is 14.4 Å². The van der Waals surface area contributed by atoms with E-state index in [1.807, 2.05) is 60.8 Å². The van der Waals surface area contributed by atoms with Crippen LogP contribution in [0.25, 0.3) is 0 Å². The van der Waals surface area contributed by atoms with Gasteiger partial charge in [0.15, 0.2) is 6.10 Å². The average Bonchev–Trinajstić information content (AvgIpc) is 3.26. The molecule has 1 unspecified atom stereocenters. The van der Waals surface area contributed by atoms with Gasteiger partial charge in [-0.1, -0.05) is 206 Å². The van der Waals surface area contributed by atoms with Crippen LogP contribution in [0.4, 0.5) is 0 Å². The highest BCUT2D eigenvalue weighted by Gasteiger charge is 2.19. The molecule has 0 N–H and O–H groups in total. The van der Waals surface area contributed by atoms with Crippen molar-refractivity contribution in [3.63, 3.8) is 0 Å². The molecule has 1 atom stereocenters. The molecule has 0 aliphatic rings. The first-order valence-corrected chi connectivity index (χ1v) is 24.1. The summed E-state index contributed by atoms with van der Waals surface area (Å²) >= 11 is 0. The van der Waals surface area contributed by atoms with Gasteiger partial charge in [0.25, 0.3) is 0 Å². The fourth-order valence-electron chi connectivity index (χ4n) is 6.03. The zero-order valence-electron chi connectivity index (χ0n) is 38.9. The lowest BCUT2D eigenvalue weighted by atomic mass is 10.1. The van der Waals surface area contributed by atoms with Crippen LogP contribution in [0.15, 0.2) is 122 Å². The van der Waals surface area contributed by atoms with Crippen LogP contribution in [0.3, 0.4) is 0 Å². The third-order valence-electron chi connectivity index (χ3n) is 9.62. The monoisotopic (exact) mass is 843 g/mol. The summed E-state index contributed by atoms with van der Waals surface area (Å²) in [4.78, 5) is 37.8. The van der Waals surface area contributed by atoms with Crippen molar-refractivity contribution in [1.29, 1.82) is 0 Å². The van der Waals surface area contributed by atoms with Crippen LogP contribution in [-0.2, 0) is 28.6 Å². The van der Waals surface area contributed by atoms with Crippen LogP contribution in [0.1, 0.15) is 188 Å². The molecule has 0 saturated heterocycles. The highest BCUT2D eigenvalue weighted by molar-refractivity contribution is 5.71. The lowest BCUT2D eigenvalue weighted by molar-refractivity contribution is -0.167. The topological polar surface area (TPSA) is 78.9 Å². The number of carbonyl (C=O) groups excluding carboxylic acids is 3. The van der Waals surface area contributed by atoms with Gasteiger partial charge in [0.1, 0.15) is 13.2 Å². The van der Waals surface area contributed by atoms with Gasteiger partial charge in [-0.05, 0) is 83.5 Å². The summed E-state index contributed by atoms with van der Waals surface area (Å²) in [7, 11) is 0. The number of ether oxygens (including phenoxy) is 3. The van der Waals surface area contributed by atoms with Crippen molar-refractivity contribution in [3.05, 3.63) is 122 Å². The second-order valence-corrected chi connectivity index (χ2v) is 15.4. The predicted molar refractivity (Wildman–Crippen MR) is 260 cm³/mol. The molecule has 0 fully saturated rings. The molecule has 0 spiro atoms. The van der Waals surface area contributed by atoms with Crippen molar-refractivity contribution in [3.8, 4) is 0 Å². The highest BCUT2D eigenvalue weighted by atomic mass is 16.6. The fraction of sp³-hybridized carbons (Fsp3) is 0.582. The second kappa shape index (κ2) is 48.5. The summed E-state index contributed by atoms with van der Waals surface area (Å²) in [6.07, 6.45) is 66.2. The van der Waals surface area contributed by atoms with E-state index in [2.05, 4.69) is 81.5 Å². The number of carbonyl (C=O) groups is 3. The maximum Gasteiger partial charge on any atom is 0.306 e. The molecule has 0 aromatic carbocycles. The van der Waals surface area contributed by atoms with Crippen LogP contribution in [-0.4, -0.2) is 37.2 Å². The first kappa shape index (κ1) is 56.8. The van der Waals surface area contributed by atoms with Crippen LogP contribution in [0, 0.1) is 0 Å². The van der Waals surface area contributed by atoms with E-state index in [1.165, 1.54) is 51.4 Å². The number of unbranched alkanes of at least 4 members (excludes halogenated alkanes) is 16. The minimum absolute atomic E-state index is 0.122. The largest absolute Gasteiger partial charge is 0.462 e. The van der Waals surface area contributed by atoms with Gasteiger partial charge in [-0.3, -0.25) is 14.4 Å². The van der Waals surface area contributed by atoms with Crippen LogP contribution < -0.4 is 0 Å². The van der Waals surface area contributed by atoms with Crippen LogP contribution >= 0.6 is 0 Å². The van der Waals surface area contributed by atoms with Gasteiger partial charge in [-0.2, -0.15) is 0 Å². The number of hydrogen-bond acceptors (Lipinski definition) is 6. The molecule has 6 nitrogen and oxygen atoms in total. The maximum atomic E-state index is 12.7. The SMILES string of the molecule is CC/C=C/C=C/C=C/C=C/C=C/CCCC(=O)OC(COC(=O)CCCCCCC/C=C/C=C/C=C/CC)COC(=O)CCCCCCCCC/C=C/C/C=C/CCCCC. The van der Waals surface area contributed by atoms with Crippen molar-refractivity contribution in [2.75, 3.05) is 13.2 Å². The molecule has 0 amide bonds. The molecule has 0 aromatic rings. The van der Waals surface area contributed by atoms with Crippen molar-refractivity contribution >= 4 is 17.9 Å². The quantitative estimate of drug-likeness (QED) is 0.0201. The number of hydrogen-bond donors (Lipinski definition) is 0. The Bertz CT molecular complexity index is 1340. The lowest BCUT2D eigenvalue weighted by Gasteiger charge is -2.18. The van der Waals surface area contributed by atoms with Crippen molar-refractivity contribution in [2.24, 2.45) is 0 Å². The summed E-state index contributed by atoms with van der Waals surface area (Å²) in [5.41, 5.74) is 0. The molecule has 0 heterocycles. The van der Waals surface area contributed by atoms with E-state index >= 15 is 0 Å². The van der Waals surface area contributed by atoms with Crippen molar-refractivity contribution in [2.45, 2.75) is 194 Å². The van der Waals surface area contributed by atoms with E-state index in [4.69, 9.17) is 14.2 Å². The van der Waals surface area contributed by atoms with Gasteiger partial charge >= 0.3 is 17.9 Å². The Kier molecular flexibility index (Phi) is 45.1. The fourth-order valence-corrected chi connectivity index (χ4v) is 6.03. The molecule has 0 saturated carbocycles. The summed E-state index contributed by atoms with van der Waals surface area (Å²) in [5, 5.41) is 0. The molecule has 0 aromatic heterocycles. The third kappa shape index (κ3) is 46.7. The van der Waals surface area contributed by atoms with Gasteiger partial charge in [-0.15, -0.1) is 0 Å². The van der Waals surface area contributed by atoms with E-state index in [0.717, 1.165) is 89.9 Å². The number of esters is 3. The maximum absolute atomic E-state index is 12.7. The number of allylic oxidation sites excluding steroid dienone is 20. The summed E-state index contributed by atoms with van der Waals surface area (Å²) < 4.78 is 16.7. The molecule has 0 rings (SSSR count). The molecule has 6 heteroatoms. The molecule has 61 heavy (non-hydrogen) atoms. The van der Waals surface area contributed by atoms with E-state index in [-0.39, 0.29) is 31.6 Å². The van der Waals surface area contributed by atoms with Gasteiger partial charge in [-0.25, -0.2) is 0 Å². The Morgan fingerprint density at radius 1 is 0.361 bits per heavy atom. The zero-order valence-corrected chi connectivity index (χ0v) is 38.9. The zero-order chi connectivity index (χ0) is 44.4. The Balaban J connectivity index is 4.53. The molecule has 0 radical (unpaired) electrons. The number of rotatable bonds is 41. The van der Waals surface area contributed by atoms with Gasteiger partial charge < -0.3 is 14.2 Å². The average molecular weight is 843 g/mol.